The highest BCUT2D eigenvalue weighted by Crippen LogP contribution is 2.45. The fraction of sp³-hybridized carbons (Fsp3) is 0.776. The van der Waals surface area contributed by atoms with Crippen LogP contribution >= 0.6 is 23.2 Å². The number of esters is 1. The largest absolute Gasteiger partial charge is 0.459 e. The summed E-state index contributed by atoms with van der Waals surface area (Å²) in [6, 6.07) is 4.54. The molecular weight excluding hydrogens is 969 g/mol. The van der Waals surface area contributed by atoms with Crippen molar-refractivity contribution >= 4 is 46.7 Å². The van der Waals surface area contributed by atoms with Crippen LogP contribution in [0.5, 0.6) is 0 Å². The SMILES string of the molecule is CC[C@H]1OC(=O)[C@H](C)[C@@H](O[C@H]2C[C@@](C)(OC)[C@@H](O)[C@H](C)O2)[C@H](C)[C@H]2O[C@@H]3O[C@H](C)C[C@H](N(C)CCc4cn(C[C@H]5CN(c6ccc(Cl)c(Cl)c6)C(=O)O5)nn4)[C@H]3O[C@@]2(O)C[C@@H](C)C(=O)[C@H](C)[C@@H](O)[C@]1(C)O. The summed E-state index contributed by atoms with van der Waals surface area (Å²) in [5.74, 6) is -7.55. The summed E-state index contributed by atoms with van der Waals surface area (Å²) < 4.78 is 52.1. The fourth-order valence-corrected chi connectivity index (χ4v) is 11.4. The van der Waals surface area contributed by atoms with Crippen LogP contribution < -0.4 is 4.90 Å². The third-order valence-corrected chi connectivity index (χ3v) is 16.3. The van der Waals surface area contributed by atoms with Gasteiger partial charge in [-0.1, -0.05) is 56.1 Å². The normalized spacial score (nSPS) is 41.8. The van der Waals surface area contributed by atoms with Gasteiger partial charge in [0.25, 0.3) is 0 Å². The summed E-state index contributed by atoms with van der Waals surface area (Å²) in [7, 11) is 3.40. The first kappa shape index (κ1) is 55.7. The lowest BCUT2D eigenvalue weighted by Gasteiger charge is -2.55. The van der Waals surface area contributed by atoms with Crippen LogP contribution in [0.4, 0.5) is 10.5 Å². The number of rotatable bonds is 11. The Kier molecular flexibility index (Phi) is 17.3. The Hall–Kier alpha value is -3.09. The third kappa shape index (κ3) is 11.6. The van der Waals surface area contributed by atoms with Crippen LogP contribution in [0.3, 0.4) is 0 Å². The van der Waals surface area contributed by atoms with Crippen LogP contribution in [-0.2, 0) is 60.4 Å². The van der Waals surface area contributed by atoms with Gasteiger partial charge in [0, 0.05) is 68.6 Å². The number of likely N-dealkylation sites (N-methyl/N-ethyl adjacent to an activating group) is 1. The molecule has 5 aliphatic rings. The van der Waals surface area contributed by atoms with Crippen LogP contribution in [0.2, 0.25) is 10.0 Å². The van der Waals surface area contributed by atoms with Crippen LogP contribution in [0.25, 0.3) is 0 Å². The van der Waals surface area contributed by atoms with E-state index < -0.39 is 120 Å². The highest BCUT2D eigenvalue weighted by Gasteiger charge is 2.60. The Bertz CT molecular complexity index is 2210. The Morgan fingerprint density at radius 2 is 1.66 bits per heavy atom. The van der Waals surface area contributed by atoms with E-state index in [9.17, 15) is 34.8 Å². The molecule has 0 spiro atoms. The summed E-state index contributed by atoms with van der Waals surface area (Å²) in [5, 5.41) is 57.0. The second-order valence-electron chi connectivity index (χ2n) is 21.0. The quantitative estimate of drug-likeness (QED) is 0.229. The average Bonchev–Trinajstić information content (AvgIpc) is 3.94. The highest BCUT2D eigenvalue weighted by atomic mass is 35.5. The molecule has 0 radical (unpaired) electrons. The van der Waals surface area contributed by atoms with Crippen molar-refractivity contribution in [2.45, 2.75) is 192 Å². The molecule has 0 aliphatic carbocycles. The number of benzene rings is 1. The first-order valence-electron chi connectivity index (χ1n) is 24.7. The number of ketones is 1. The van der Waals surface area contributed by atoms with E-state index in [4.69, 9.17) is 61.1 Å². The number of Topliss-reactive ketones (excluding diaryl/α,β-unsaturated/α-hetero) is 1. The second-order valence-corrected chi connectivity index (χ2v) is 21.8. The number of nitrogens with zero attached hydrogens (tertiary/aromatic N) is 5. The number of anilines is 1. The number of cyclic esters (lactones) is 2. The van der Waals surface area contributed by atoms with Gasteiger partial charge < -0.3 is 63.2 Å². The molecule has 2 aromatic rings. The van der Waals surface area contributed by atoms with Gasteiger partial charge in [-0.05, 0) is 72.7 Å². The van der Waals surface area contributed by atoms with Gasteiger partial charge in [0.1, 0.15) is 41.9 Å². The Morgan fingerprint density at radius 1 is 0.944 bits per heavy atom. The summed E-state index contributed by atoms with van der Waals surface area (Å²) in [6.07, 6.45) is -8.68. The molecular formula is C49H73Cl2N5O15. The molecule has 19 atom stereocenters. The van der Waals surface area contributed by atoms with Crippen molar-refractivity contribution in [2.75, 3.05) is 32.1 Å². The minimum absolute atomic E-state index is 0.0692. The molecule has 0 saturated carbocycles. The van der Waals surface area contributed by atoms with Crippen molar-refractivity contribution < 1.29 is 72.7 Å². The summed E-state index contributed by atoms with van der Waals surface area (Å²) in [4.78, 5) is 45.0. The monoisotopic (exact) mass is 1040 g/mol. The average molecular weight is 1040 g/mol. The molecule has 22 heteroatoms. The molecule has 4 N–H and O–H groups in total. The maximum absolute atomic E-state index is 14.3. The summed E-state index contributed by atoms with van der Waals surface area (Å²) in [6.45, 7) is 15.9. The van der Waals surface area contributed by atoms with E-state index in [1.165, 1.54) is 25.9 Å². The zero-order chi connectivity index (χ0) is 52.1. The van der Waals surface area contributed by atoms with E-state index >= 15 is 0 Å². The maximum Gasteiger partial charge on any atom is 0.414 e. The third-order valence-electron chi connectivity index (χ3n) is 15.5. The predicted octanol–water partition coefficient (Wildman–Crippen LogP) is 4.30. The smallest absolute Gasteiger partial charge is 0.414 e. The van der Waals surface area contributed by atoms with E-state index in [0.717, 1.165) is 0 Å². The Balaban J connectivity index is 1.13. The first-order chi connectivity index (χ1) is 33.3. The van der Waals surface area contributed by atoms with Crippen molar-refractivity contribution in [2.24, 2.45) is 23.7 Å². The molecule has 5 saturated heterocycles. The van der Waals surface area contributed by atoms with Gasteiger partial charge in [-0.25, -0.2) is 9.48 Å². The molecule has 20 nitrogen and oxygen atoms in total. The molecule has 1 aromatic carbocycles. The number of amides is 1. The lowest BCUT2D eigenvalue weighted by Crippen LogP contribution is -2.69. The van der Waals surface area contributed by atoms with Gasteiger partial charge in [0.15, 0.2) is 18.4 Å². The number of aliphatic hydroxyl groups is 4. The number of halogens is 2. The summed E-state index contributed by atoms with van der Waals surface area (Å²) >= 11 is 12.3. The Labute approximate surface area is 425 Å². The molecule has 71 heavy (non-hydrogen) atoms. The molecule has 7 rings (SSSR count). The van der Waals surface area contributed by atoms with Gasteiger partial charge in [0.2, 0.25) is 0 Å². The van der Waals surface area contributed by atoms with E-state index in [1.807, 2.05) is 14.0 Å². The van der Waals surface area contributed by atoms with Gasteiger partial charge in [0.05, 0.1) is 64.8 Å². The molecule has 5 aliphatic heterocycles. The van der Waals surface area contributed by atoms with Crippen LogP contribution in [0, 0.1) is 23.7 Å². The van der Waals surface area contributed by atoms with E-state index in [0.29, 0.717) is 40.8 Å². The molecule has 0 unspecified atom stereocenters. The molecule has 0 bridgehead atoms. The molecule has 5 fully saturated rings. The molecule has 6 heterocycles. The van der Waals surface area contributed by atoms with Crippen LogP contribution in [-0.4, -0.2) is 176 Å². The van der Waals surface area contributed by atoms with E-state index in [2.05, 4.69) is 15.2 Å². The fourth-order valence-electron chi connectivity index (χ4n) is 11.1. The van der Waals surface area contributed by atoms with Crippen LogP contribution in [0.15, 0.2) is 24.4 Å². The van der Waals surface area contributed by atoms with Crippen molar-refractivity contribution in [3.05, 3.63) is 40.1 Å². The zero-order valence-electron chi connectivity index (χ0n) is 42.5. The Morgan fingerprint density at radius 3 is 2.34 bits per heavy atom. The number of aromatic nitrogens is 3. The topological polar surface area (TPSA) is 243 Å². The van der Waals surface area contributed by atoms with Gasteiger partial charge in [-0.15, -0.1) is 5.10 Å². The van der Waals surface area contributed by atoms with Crippen molar-refractivity contribution in [3.63, 3.8) is 0 Å². The number of ether oxygens (including phenoxy) is 8. The van der Waals surface area contributed by atoms with Gasteiger partial charge in [-0.3, -0.25) is 14.5 Å². The minimum Gasteiger partial charge on any atom is -0.459 e. The predicted molar refractivity (Wildman–Crippen MR) is 256 cm³/mol. The number of carbonyl (C=O) groups excluding carboxylic acids is 3. The zero-order valence-corrected chi connectivity index (χ0v) is 44.0. The maximum atomic E-state index is 14.3. The number of carbonyl (C=O) groups is 3. The van der Waals surface area contributed by atoms with E-state index in [-0.39, 0.29) is 44.5 Å². The standard InChI is InChI=1S/C49H73Cl2N5O15/c1-12-36-48(9,62)41(58)26(4)38(57)24(2)19-49(63)43(27(5)39(28(6)44(60)68-36)69-37-20-47(8,64-11)42(59)29(7)66-37)70-45-40(71-49)35(17-25(3)65-45)54(10)16-15-30-21-55(53-52-30)22-32-23-56(46(61)67-32)31-13-14-33(50)34(51)18-31/h13-14,18,21,24-29,32,35-37,39-43,45,58-59,62-63H,12,15-17,19-20,22-23H2,1-11H3/t24-,25-,26+,27+,28-,29+,32+,35+,36-,37+,39+,40-,41-,42+,43-,45+,47-,48-,49+/m1/s1. The van der Waals surface area contributed by atoms with Crippen molar-refractivity contribution in [1.29, 1.82) is 0 Å². The van der Waals surface area contributed by atoms with Gasteiger partial charge in [-0.2, -0.15) is 0 Å². The number of hydrogen-bond donors (Lipinski definition) is 4. The number of hydrogen-bond acceptors (Lipinski definition) is 18. The highest BCUT2D eigenvalue weighted by molar-refractivity contribution is 6.42. The van der Waals surface area contributed by atoms with E-state index in [1.54, 1.807) is 70.6 Å². The van der Waals surface area contributed by atoms with Crippen molar-refractivity contribution in [3.8, 4) is 0 Å². The lowest BCUT2D eigenvalue weighted by atomic mass is 9.76. The molecule has 398 valence electrons. The number of fused-ring (bicyclic) bond motifs is 2. The minimum atomic E-state index is -2.22. The second kappa shape index (κ2) is 22.0. The number of methoxy groups -OCH3 is 1. The molecule has 1 aromatic heterocycles. The van der Waals surface area contributed by atoms with Gasteiger partial charge >= 0.3 is 12.1 Å². The molecule has 1 amide bonds. The van der Waals surface area contributed by atoms with Crippen LogP contribution in [0.1, 0.15) is 93.7 Å². The number of aliphatic hydroxyl groups excluding tert-OH is 2. The lowest BCUT2D eigenvalue weighted by molar-refractivity contribution is -0.426. The van der Waals surface area contributed by atoms with Crippen molar-refractivity contribution in [1.82, 2.24) is 19.9 Å². The first-order valence-corrected chi connectivity index (χ1v) is 25.5. The summed E-state index contributed by atoms with van der Waals surface area (Å²) in [5.41, 5.74) is -1.89.